The van der Waals surface area contributed by atoms with E-state index in [-0.39, 0.29) is 11.8 Å². The highest BCUT2D eigenvalue weighted by Gasteiger charge is 2.37. The summed E-state index contributed by atoms with van der Waals surface area (Å²) in [6, 6.07) is 15.2. The van der Waals surface area contributed by atoms with E-state index in [1.165, 1.54) is 5.56 Å². The summed E-state index contributed by atoms with van der Waals surface area (Å²) in [6.07, 6.45) is 2.64. The van der Waals surface area contributed by atoms with Gasteiger partial charge in [0.25, 0.3) is 0 Å². The largest absolute Gasteiger partial charge is 0.355 e. The molecule has 0 bridgehead atoms. The van der Waals surface area contributed by atoms with Gasteiger partial charge in [0.1, 0.15) is 5.92 Å². The highest BCUT2D eigenvalue weighted by atomic mass is 35.5. The molecule has 2 aromatic rings. The summed E-state index contributed by atoms with van der Waals surface area (Å²) in [5, 5.41) is 4.42. The first-order chi connectivity index (χ1) is 15.0. The van der Waals surface area contributed by atoms with Crippen LogP contribution in [-0.4, -0.2) is 42.9 Å². The van der Waals surface area contributed by atoms with Gasteiger partial charge in [0.05, 0.1) is 0 Å². The van der Waals surface area contributed by atoms with Crippen LogP contribution in [0.25, 0.3) is 0 Å². The lowest BCUT2D eigenvalue weighted by molar-refractivity contribution is -0.132. The summed E-state index contributed by atoms with van der Waals surface area (Å²) in [7, 11) is 0. The lowest BCUT2D eigenvalue weighted by atomic mass is 9.96. The summed E-state index contributed by atoms with van der Waals surface area (Å²) in [4.78, 5) is 29.5. The van der Waals surface area contributed by atoms with Crippen LogP contribution in [0.1, 0.15) is 24.8 Å². The monoisotopic (exact) mass is 459 g/mol. The van der Waals surface area contributed by atoms with E-state index in [9.17, 15) is 9.59 Å². The Kier molecular flexibility index (Phi) is 7.16. The molecule has 2 aliphatic rings. The number of hydrogen-bond donors (Lipinski definition) is 1. The van der Waals surface area contributed by atoms with Gasteiger partial charge in [-0.15, -0.1) is 0 Å². The number of piperidine rings is 1. The van der Waals surface area contributed by atoms with E-state index in [2.05, 4.69) is 22.3 Å². The average Bonchev–Trinajstić information content (AvgIpc) is 3.16. The second-order valence-electron chi connectivity index (χ2n) is 8.40. The predicted octanol–water partition coefficient (Wildman–Crippen LogP) is 4.37. The van der Waals surface area contributed by atoms with Crippen LogP contribution in [0, 0.1) is 11.8 Å². The molecule has 7 heteroatoms. The smallest absolute Gasteiger partial charge is 0.239 e. The van der Waals surface area contributed by atoms with Gasteiger partial charge in [0, 0.05) is 35.4 Å². The summed E-state index contributed by atoms with van der Waals surface area (Å²) in [6.45, 7) is 4.14. The molecular formula is C24H27Cl2N3O2. The van der Waals surface area contributed by atoms with Gasteiger partial charge in [0.2, 0.25) is 11.8 Å². The maximum atomic E-state index is 12.7. The third kappa shape index (κ3) is 5.59. The second-order valence-corrected chi connectivity index (χ2v) is 9.27. The number of carbonyl (C=O) groups excluding carboxylic acids is 2. The van der Waals surface area contributed by atoms with Crippen LogP contribution in [0.3, 0.4) is 0 Å². The van der Waals surface area contributed by atoms with Crippen molar-refractivity contribution in [3.8, 4) is 0 Å². The van der Waals surface area contributed by atoms with E-state index < -0.39 is 5.92 Å². The van der Waals surface area contributed by atoms with Crippen LogP contribution >= 0.6 is 23.2 Å². The van der Waals surface area contributed by atoms with Crippen LogP contribution in [0.2, 0.25) is 10.0 Å². The zero-order valence-electron chi connectivity index (χ0n) is 17.4. The third-order valence-electron chi connectivity index (χ3n) is 6.25. The molecule has 2 aromatic carbocycles. The quantitative estimate of drug-likeness (QED) is 0.652. The fraction of sp³-hybridized carbons (Fsp3) is 0.417. The molecule has 164 valence electrons. The molecule has 0 saturated carbocycles. The molecule has 0 aliphatic carbocycles. The minimum absolute atomic E-state index is 0.127. The Labute approximate surface area is 193 Å². The number of likely N-dealkylation sites (tertiary alicyclic amines) is 1. The number of rotatable bonds is 6. The molecule has 2 fully saturated rings. The summed E-state index contributed by atoms with van der Waals surface area (Å²) in [5.74, 6) is -0.419. The Morgan fingerprint density at radius 1 is 0.903 bits per heavy atom. The first-order valence-electron chi connectivity index (χ1n) is 10.8. The van der Waals surface area contributed by atoms with Gasteiger partial charge in [-0.3, -0.25) is 14.5 Å². The van der Waals surface area contributed by atoms with E-state index >= 15 is 0 Å². The molecule has 0 aromatic heterocycles. The minimum atomic E-state index is -0.597. The molecule has 2 saturated heterocycles. The number of nitrogens with one attached hydrogen (secondary N) is 1. The van der Waals surface area contributed by atoms with Crippen molar-refractivity contribution >= 4 is 40.7 Å². The summed E-state index contributed by atoms with van der Waals surface area (Å²) in [5.41, 5.74) is 2.05. The van der Waals surface area contributed by atoms with E-state index in [1.54, 1.807) is 17.0 Å². The van der Waals surface area contributed by atoms with Crippen LogP contribution in [0.15, 0.2) is 48.5 Å². The van der Waals surface area contributed by atoms with Crippen molar-refractivity contribution in [2.45, 2.75) is 25.8 Å². The Morgan fingerprint density at radius 2 is 1.52 bits per heavy atom. The standard InChI is InChI=1S/C24H27Cl2N3O2/c25-19-3-1-18(2-4-19)16-28-12-9-17(10-13-28)15-27-23(30)22-11-14-29(24(22)31)21-7-5-20(26)6-8-21/h1-8,17,22H,9-16H2,(H,27,30). The normalized spacial score (nSPS) is 20.3. The molecule has 31 heavy (non-hydrogen) atoms. The molecule has 1 unspecified atom stereocenters. The van der Waals surface area contributed by atoms with Crippen molar-refractivity contribution in [1.82, 2.24) is 10.2 Å². The van der Waals surface area contributed by atoms with Crippen LogP contribution in [-0.2, 0) is 16.1 Å². The molecule has 5 nitrogen and oxygen atoms in total. The molecule has 0 spiro atoms. The number of carbonyl (C=O) groups is 2. The molecule has 2 aliphatic heterocycles. The average molecular weight is 460 g/mol. The number of anilines is 1. The fourth-order valence-corrected chi connectivity index (χ4v) is 4.62. The molecule has 2 heterocycles. The van der Waals surface area contributed by atoms with Crippen molar-refractivity contribution in [1.29, 1.82) is 0 Å². The van der Waals surface area contributed by atoms with Gasteiger partial charge < -0.3 is 10.2 Å². The maximum Gasteiger partial charge on any atom is 0.239 e. The summed E-state index contributed by atoms with van der Waals surface area (Å²) < 4.78 is 0. The highest BCUT2D eigenvalue weighted by Crippen LogP contribution is 2.27. The Bertz CT molecular complexity index is 909. The van der Waals surface area contributed by atoms with Crippen molar-refractivity contribution in [2.24, 2.45) is 11.8 Å². The Morgan fingerprint density at radius 3 is 2.16 bits per heavy atom. The second kappa shape index (κ2) is 10.0. The van der Waals surface area contributed by atoms with Gasteiger partial charge in [-0.1, -0.05) is 35.3 Å². The number of hydrogen-bond acceptors (Lipinski definition) is 3. The first kappa shape index (κ1) is 22.1. The van der Waals surface area contributed by atoms with E-state index in [0.29, 0.717) is 30.5 Å². The van der Waals surface area contributed by atoms with Crippen molar-refractivity contribution in [3.63, 3.8) is 0 Å². The molecular weight excluding hydrogens is 433 g/mol. The fourth-order valence-electron chi connectivity index (χ4n) is 4.37. The zero-order valence-corrected chi connectivity index (χ0v) is 18.9. The lowest BCUT2D eigenvalue weighted by Crippen LogP contribution is -2.41. The first-order valence-corrected chi connectivity index (χ1v) is 11.6. The van der Waals surface area contributed by atoms with Crippen LogP contribution in [0.5, 0.6) is 0 Å². The number of amides is 2. The maximum absolute atomic E-state index is 12.7. The molecule has 0 radical (unpaired) electrons. The number of benzene rings is 2. The minimum Gasteiger partial charge on any atom is -0.355 e. The van der Waals surface area contributed by atoms with Gasteiger partial charge in [-0.05, 0) is 80.2 Å². The highest BCUT2D eigenvalue weighted by molar-refractivity contribution is 6.30. The van der Waals surface area contributed by atoms with Crippen LogP contribution < -0.4 is 10.2 Å². The number of nitrogens with zero attached hydrogens (tertiary/aromatic N) is 2. The topological polar surface area (TPSA) is 52.7 Å². The van der Waals surface area contributed by atoms with E-state index in [4.69, 9.17) is 23.2 Å². The Hall–Kier alpha value is -2.08. The molecule has 1 atom stereocenters. The van der Waals surface area contributed by atoms with Gasteiger partial charge in [-0.2, -0.15) is 0 Å². The predicted molar refractivity (Wildman–Crippen MR) is 124 cm³/mol. The van der Waals surface area contributed by atoms with Gasteiger partial charge in [-0.25, -0.2) is 0 Å². The molecule has 2 amide bonds. The lowest BCUT2D eigenvalue weighted by Gasteiger charge is -2.32. The van der Waals surface area contributed by atoms with Crippen molar-refractivity contribution in [2.75, 3.05) is 31.1 Å². The Balaban J connectivity index is 1.21. The zero-order chi connectivity index (χ0) is 21.8. The molecule has 4 rings (SSSR count). The van der Waals surface area contributed by atoms with Crippen molar-refractivity contribution < 1.29 is 9.59 Å². The SMILES string of the molecule is O=C(NCC1CCN(Cc2ccc(Cl)cc2)CC1)C1CCN(c2ccc(Cl)cc2)C1=O. The van der Waals surface area contributed by atoms with Gasteiger partial charge in [0.15, 0.2) is 0 Å². The third-order valence-corrected chi connectivity index (χ3v) is 6.76. The number of halogens is 2. The summed E-state index contributed by atoms with van der Waals surface area (Å²) >= 11 is 11.9. The molecule has 1 N–H and O–H groups in total. The van der Waals surface area contributed by atoms with E-state index in [1.807, 2.05) is 24.3 Å². The van der Waals surface area contributed by atoms with E-state index in [0.717, 1.165) is 43.2 Å². The van der Waals surface area contributed by atoms with Gasteiger partial charge >= 0.3 is 0 Å². The van der Waals surface area contributed by atoms with Crippen LogP contribution in [0.4, 0.5) is 5.69 Å². The van der Waals surface area contributed by atoms with Crippen molar-refractivity contribution in [3.05, 3.63) is 64.1 Å².